The first-order chi connectivity index (χ1) is 10.3. The predicted octanol–water partition coefficient (Wildman–Crippen LogP) is 0.602. The SMILES string of the molecule is CC(C)(C)OC(=O)N1C[C@@H](C(=O)O)C[C@H](N2CCNCC2)C1. The van der Waals surface area contributed by atoms with Crippen LogP contribution in [0.4, 0.5) is 4.79 Å². The molecular weight excluding hydrogens is 286 g/mol. The number of piperidine rings is 1. The summed E-state index contributed by atoms with van der Waals surface area (Å²) in [5, 5.41) is 12.7. The van der Waals surface area contributed by atoms with E-state index < -0.39 is 23.6 Å². The molecule has 2 atom stereocenters. The van der Waals surface area contributed by atoms with Crippen molar-refractivity contribution in [1.29, 1.82) is 0 Å². The fourth-order valence-corrected chi connectivity index (χ4v) is 3.04. The van der Waals surface area contributed by atoms with Gasteiger partial charge in [-0.25, -0.2) is 4.79 Å². The van der Waals surface area contributed by atoms with Gasteiger partial charge < -0.3 is 20.1 Å². The number of likely N-dealkylation sites (tertiary alicyclic amines) is 1. The minimum absolute atomic E-state index is 0.0875. The highest BCUT2D eigenvalue weighted by atomic mass is 16.6. The third-order valence-corrected chi connectivity index (χ3v) is 4.10. The van der Waals surface area contributed by atoms with Gasteiger partial charge in [0.05, 0.1) is 5.92 Å². The number of carbonyl (C=O) groups is 2. The van der Waals surface area contributed by atoms with E-state index in [1.165, 1.54) is 0 Å². The third-order valence-electron chi connectivity index (χ3n) is 4.10. The Hall–Kier alpha value is -1.34. The van der Waals surface area contributed by atoms with Crippen LogP contribution in [0.25, 0.3) is 0 Å². The number of carboxylic acid groups (broad SMARTS) is 1. The number of piperazine rings is 1. The fourth-order valence-electron chi connectivity index (χ4n) is 3.04. The Morgan fingerprint density at radius 3 is 2.36 bits per heavy atom. The summed E-state index contributed by atoms with van der Waals surface area (Å²) in [7, 11) is 0. The molecule has 126 valence electrons. The summed E-state index contributed by atoms with van der Waals surface area (Å²) in [6.07, 6.45) is 0.174. The minimum atomic E-state index is -0.839. The maximum absolute atomic E-state index is 12.3. The smallest absolute Gasteiger partial charge is 0.410 e. The van der Waals surface area contributed by atoms with E-state index in [4.69, 9.17) is 4.74 Å². The number of hydrogen-bond donors (Lipinski definition) is 2. The van der Waals surface area contributed by atoms with E-state index in [-0.39, 0.29) is 12.6 Å². The summed E-state index contributed by atoms with van der Waals surface area (Å²) in [6.45, 7) is 9.80. The van der Waals surface area contributed by atoms with E-state index in [1.54, 1.807) is 4.90 Å². The van der Waals surface area contributed by atoms with Gasteiger partial charge in [0, 0.05) is 45.3 Å². The molecule has 7 heteroatoms. The first kappa shape index (κ1) is 17.0. The van der Waals surface area contributed by atoms with Crippen LogP contribution in [0.3, 0.4) is 0 Å². The predicted molar refractivity (Wildman–Crippen MR) is 81.8 cm³/mol. The van der Waals surface area contributed by atoms with Gasteiger partial charge in [0.1, 0.15) is 5.60 Å². The Morgan fingerprint density at radius 2 is 1.82 bits per heavy atom. The number of hydrogen-bond acceptors (Lipinski definition) is 5. The average molecular weight is 313 g/mol. The Kier molecular flexibility index (Phi) is 5.28. The number of nitrogens with one attached hydrogen (secondary N) is 1. The number of amides is 1. The lowest BCUT2D eigenvalue weighted by atomic mass is 9.93. The van der Waals surface area contributed by atoms with Crippen LogP contribution in [-0.4, -0.2) is 77.9 Å². The number of carbonyl (C=O) groups excluding carboxylic acids is 1. The van der Waals surface area contributed by atoms with Gasteiger partial charge >= 0.3 is 12.1 Å². The standard InChI is InChI=1S/C15H27N3O4/c1-15(2,3)22-14(21)18-9-11(13(19)20)8-12(10-18)17-6-4-16-5-7-17/h11-12,16H,4-10H2,1-3H3,(H,19,20)/t11-,12-/m0/s1. The first-order valence-electron chi connectivity index (χ1n) is 7.92. The summed E-state index contributed by atoms with van der Waals surface area (Å²) in [6, 6.07) is 0.0875. The lowest BCUT2D eigenvalue weighted by Gasteiger charge is -2.43. The van der Waals surface area contributed by atoms with Crippen LogP contribution in [0.2, 0.25) is 0 Å². The van der Waals surface area contributed by atoms with Crippen LogP contribution in [0, 0.1) is 5.92 Å². The molecule has 2 N–H and O–H groups in total. The highest BCUT2D eigenvalue weighted by Crippen LogP contribution is 2.23. The molecule has 0 aromatic rings. The molecule has 2 rings (SSSR count). The van der Waals surface area contributed by atoms with Gasteiger partial charge in [-0.3, -0.25) is 9.69 Å². The third kappa shape index (κ3) is 4.58. The molecule has 2 aliphatic rings. The quantitative estimate of drug-likeness (QED) is 0.777. The van der Waals surface area contributed by atoms with Crippen LogP contribution in [0.1, 0.15) is 27.2 Å². The van der Waals surface area contributed by atoms with Crippen molar-refractivity contribution in [1.82, 2.24) is 15.1 Å². The average Bonchev–Trinajstić information content (AvgIpc) is 2.46. The molecule has 2 aliphatic heterocycles. The van der Waals surface area contributed by atoms with Crippen molar-refractivity contribution in [3.8, 4) is 0 Å². The molecule has 0 aromatic heterocycles. The molecule has 0 unspecified atom stereocenters. The lowest BCUT2D eigenvalue weighted by molar-refractivity contribution is -0.144. The molecule has 7 nitrogen and oxygen atoms in total. The van der Waals surface area contributed by atoms with E-state index in [1.807, 2.05) is 20.8 Å². The van der Waals surface area contributed by atoms with Crippen molar-refractivity contribution < 1.29 is 19.4 Å². The number of ether oxygens (including phenoxy) is 1. The monoisotopic (exact) mass is 313 g/mol. The van der Waals surface area contributed by atoms with Gasteiger partial charge in [-0.15, -0.1) is 0 Å². The van der Waals surface area contributed by atoms with Gasteiger partial charge in [-0.05, 0) is 27.2 Å². The fraction of sp³-hybridized carbons (Fsp3) is 0.867. The van der Waals surface area contributed by atoms with Crippen molar-refractivity contribution in [2.24, 2.45) is 5.92 Å². The van der Waals surface area contributed by atoms with Crippen LogP contribution >= 0.6 is 0 Å². The maximum Gasteiger partial charge on any atom is 0.410 e. The number of rotatable bonds is 2. The van der Waals surface area contributed by atoms with Gasteiger partial charge in [0.15, 0.2) is 0 Å². The molecule has 2 saturated heterocycles. The summed E-state index contributed by atoms with van der Waals surface area (Å²) >= 11 is 0. The van der Waals surface area contributed by atoms with Crippen LogP contribution in [-0.2, 0) is 9.53 Å². The molecule has 1 amide bonds. The number of nitrogens with zero attached hydrogens (tertiary/aromatic N) is 2. The zero-order valence-electron chi connectivity index (χ0n) is 13.7. The van der Waals surface area contributed by atoms with Crippen LogP contribution < -0.4 is 5.32 Å². The van der Waals surface area contributed by atoms with Crippen molar-refractivity contribution in [2.75, 3.05) is 39.3 Å². The number of aliphatic carboxylic acids is 1. The molecule has 0 aliphatic carbocycles. The second kappa shape index (κ2) is 6.83. The summed E-state index contributed by atoms with van der Waals surface area (Å²) in [5.74, 6) is -1.37. The van der Waals surface area contributed by atoms with Gasteiger partial charge in [-0.1, -0.05) is 0 Å². The summed E-state index contributed by atoms with van der Waals surface area (Å²) in [4.78, 5) is 27.6. The highest BCUT2D eigenvalue weighted by molar-refractivity contribution is 5.73. The van der Waals surface area contributed by atoms with E-state index in [2.05, 4.69) is 10.2 Å². The topological polar surface area (TPSA) is 82.1 Å². The molecule has 0 bridgehead atoms. The molecule has 0 saturated carbocycles. The maximum atomic E-state index is 12.3. The van der Waals surface area contributed by atoms with Gasteiger partial charge in [0.2, 0.25) is 0 Å². The lowest BCUT2D eigenvalue weighted by Crippen LogP contribution is -2.58. The second-order valence-corrected chi connectivity index (χ2v) is 7.10. The minimum Gasteiger partial charge on any atom is -0.481 e. The Morgan fingerprint density at radius 1 is 1.18 bits per heavy atom. The van der Waals surface area contributed by atoms with Crippen LogP contribution in [0.5, 0.6) is 0 Å². The molecular formula is C15H27N3O4. The van der Waals surface area contributed by atoms with Crippen molar-refractivity contribution >= 4 is 12.1 Å². The van der Waals surface area contributed by atoms with E-state index in [0.717, 1.165) is 26.2 Å². The molecule has 22 heavy (non-hydrogen) atoms. The first-order valence-corrected chi connectivity index (χ1v) is 7.92. The highest BCUT2D eigenvalue weighted by Gasteiger charge is 2.38. The van der Waals surface area contributed by atoms with Gasteiger partial charge in [0.25, 0.3) is 0 Å². The van der Waals surface area contributed by atoms with Gasteiger partial charge in [-0.2, -0.15) is 0 Å². The summed E-state index contributed by atoms with van der Waals surface area (Å²) < 4.78 is 5.40. The second-order valence-electron chi connectivity index (χ2n) is 7.10. The Bertz CT molecular complexity index is 416. The zero-order valence-corrected chi connectivity index (χ0v) is 13.7. The van der Waals surface area contributed by atoms with E-state index >= 15 is 0 Å². The Balaban J connectivity index is 2.05. The van der Waals surface area contributed by atoms with E-state index in [0.29, 0.717) is 13.0 Å². The van der Waals surface area contributed by atoms with E-state index in [9.17, 15) is 14.7 Å². The number of carboxylic acids is 1. The van der Waals surface area contributed by atoms with Crippen molar-refractivity contribution in [2.45, 2.75) is 38.8 Å². The molecule has 0 spiro atoms. The summed E-state index contributed by atoms with van der Waals surface area (Å²) in [5.41, 5.74) is -0.572. The normalized spacial score (nSPS) is 27.5. The van der Waals surface area contributed by atoms with Crippen LogP contribution in [0.15, 0.2) is 0 Å². The molecule has 2 heterocycles. The molecule has 2 fully saturated rings. The Labute approximate surface area is 131 Å². The van der Waals surface area contributed by atoms with Crippen molar-refractivity contribution in [3.63, 3.8) is 0 Å². The molecule has 0 aromatic carbocycles. The van der Waals surface area contributed by atoms with Crippen molar-refractivity contribution in [3.05, 3.63) is 0 Å². The molecule has 0 radical (unpaired) electrons. The largest absolute Gasteiger partial charge is 0.481 e. The zero-order chi connectivity index (χ0) is 16.3.